The number of aromatic nitrogens is 2. The lowest BCUT2D eigenvalue weighted by atomic mass is 10.1. The molecule has 1 heterocycles. The molecule has 110 valence electrons. The van der Waals surface area contributed by atoms with Gasteiger partial charge in [-0.2, -0.15) is 0 Å². The average molecular weight is 290 g/mol. The first-order valence-electron chi connectivity index (χ1n) is 6.04. The Morgan fingerprint density at radius 3 is 2.62 bits per heavy atom. The van der Waals surface area contributed by atoms with E-state index < -0.39 is 10.9 Å². The van der Waals surface area contributed by atoms with Gasteiger partial charge in [0.2, 0.25) is 0 Å². The number of rotatable bonds is 3. The minimum Gasteiger partial charge on any atom is -0.464 e. The summed E-state index contributed by atoms with van der Waals surface area (Å²) in [6.45, 7) is 3.36. The second-order valence-corrected chi connectivity index (χ2v) is 4.52. The van der Waals surface area contributed by atoms with Gasteiger partial charge < -0.3 is 10.5 Å². The molecule has 0 atom stereocenters. The van der Waals surface area contributed by atoms with Gasteiger partial charge in [-0.1, -0.05) is 0 Å². The number of carbonyl (C=O) groups is 1. The molecule has 0 saturated carbocycles. The zero-order valence-corrected chi connectivity index (χ0v) is 11.8. The Morgan fingerprint density at radius 1 is 1.38 bits per heavy atom. The summed E-state index contributed by atoms with van der Waals surface area (Å²) in [5.41, 5.74) is 7.70. The van der Waals surface area contributed by atoms with E-state index in [4.69, 9.17) is 5.73 Å². The number of nitro benzene ring substituents is 1. The highest BCUT2D eigenvalue weighted by molar-refractivity contribution is 5.92. The van der Waals surface area contributed by atoms with E-state index in [0.29, 0.717) is 16.8 Å². The smallest absolute Gasteiger partial charge is 0.360 e. The first kappa shape index (κ1) is 14.5. The Bertz CT molecular complexity index is 736. The molecule has 8 nitrogen and oxygen atoms in total. The van der Waals surface area contributed by atoms with Crippen molar-refractivity contribution in [3.63, 3.8) is 0 Å². The van der Waals surface area contributed by atoms with Crippen LogP contribution in [0.25, 0.3) is 5.69 Å². The first-order valence-corrected chi connectivity index (χ1v) is 6.04. The lowest BCUT2D eigenvalue weighted by molar-refractivity contribution is -0.385. The van der Waals surface area contributed by atoms with Gasteiger partial charge in [0.1, 0.15) is 12.1 Å². The molecular weight excluding hydrogens is 276 g/mol. The third kappa shape index (κ3) is 2.42. The Hall–Kier alpha value is -2.90. The van der Waals surface area contributed by atoms with E-state index in [1.165, 1.54) is 24.1 Å². The van der Waals surface area contributed by atoms with Gasteiger partial charge in [0, 0.05) is 11.6 Å². The van der Waals surface area contributed by atoms with Crippen LogP contribution in [0.2, 0.25) is 0 Å². The number of carbonyl (C=O) groups excluding carboxylic acids is 1. The fourth-order valence-corrected chi connectivity index (χ4v) is 2.05. The van der Waals surface area contributed by atoms with Crippen LogP contribution < -0.4 is 5.73 Å². The summed E-state index contributed by atoms with van der Waals surface area (Å²) in [4.78, 5) is 25.9. The van der Waals surface area contributed by atoms with E-state index in [-0.39, 0.29) is 17.2 Å². The number of anilines is 1. The van der Waals surface area contributed by atoms with Crippen molar-refractivity contribution < 1.29 is 14.5 Å². The highest BCUT2D eigenvalue weighted by atomic mass is 16.6. The van der Waals surface area contributed by atoms with Crippen molar-refractivity contribution in [1.29, 1.82) is 0 Å². The normalized spacial score (nSPS) is 10.4. The monoisotopic (exact) mass is 290 g/mol. The lowest BCUT2D eigenvalue weighted by Crippen LogP contribution is -2.08. The lowest BCUT2D eigenvalue weighted by Gasteiger charge is -2.10. The number of aryl methyl sites for hydroxylation is 2. The van der Waals surface area contributed by atoms with Crippen LogP contribution in [0, 0.1) is 24.0 Å². The van der Waals surface area contributed by atoms with Gasteiger partial charge in [-0.15, -0.1) is 0 Å². The number of nitrogens with zero attached hydrogens (tertiary/aromatic N) is 3. The number of hydrogen-bond acceptors (Lipinski definition) is 6. The van der Waals surface area contributed by atoms with Crippen LogP contribution in [0.5, 0.6) is 0 Å². The van der Waals surface area contributed by atoms with Gasteiger partial charge in [0.05, 0.1) is 17.7 Å². The molecule has 0 amide bonds. The van der Waals surface area contributed by atoms with E-state index >= 15 is 0 Å². The number of esters is 1. The van der Waals surface area contributed by atoms with Crippen molar-refractivity contribution in [1.82, 2.24) is 9.55 Å². The molecule has 0 radical (unpaired) electrons. The van der Waals surface area contributed by atoms with Crippen molar-refractivity contribution in [2.75, 3.05) is 12.8 Å². The summed E-state index contributed by atoms with van der Waals surface area (Å²) in [7, 11) is 1.24. The number of hydrogen-bond donors (Lipinski definition) is 1. The van der Waals surface area contributed by atoms with Crippen LogP contribution in [0.15, 0.2) is 18.5 Å². The maximum Gasteiger partial charge on any atom is 0.360 e. The number of methoxy groups -OCH3 is 1. The molecule has 0 aliphatic carbocycles. The van der Waals surface area contributed by atoms with Crippen LogP contribution in [0.1, 0.15) is 21.6 Å². The Labute approximate surface area is 120 Å². The standard InChI is InChI=1S/C13H14N4O4/c1-7-5-10(17(19)20)8(2)4-9(7)16-6-15-11(12(16)14)13(18)21-3/h4-6H,14H2,1-3H3. The third-order valence-electron chi connectivity index (χ3n) is 3.15. The number of nitro groups is 1. The minimum atomic E-state index is -0.637. The summed E-state index contributed by atoms with van der Waals surface area (Å²) in [5.74, 6) is -0.513. The van der Waals surface area contributed by atoms with Crippen LogP contribution >= 0.6 is 0 Å². The molecule has 0 unspecified atom stereocenters. The predicted molar refractivity (Wildman–Crippen MR) is 75.4 cm³/mol. The molecule has 0 saturated heterocycles. The van der Waals surface area contributed by atoms with Crippen LogP contribution in [-0.4, -0.2) is 27.6 Å². The van der Waals surface area contributed by atoms with Crippen molar-refractivity contribution in [3.05, 3.63) is 45.4 Å². The van der Waals surface area contributed by atoms with Gasteiger partial charge in [-0.3, -0.25) is 14.7 Å². The Morgan fingerprint density at radius 2 is 2.05 bits per heavy atom. The number of nitrogen functional groups attached to an aromatic ring is 1. The number of nitrogens with two attached hydrogens (primary N) is 1. The number of ether oxygens (including phenoxy) is 1. The zero-order valence-electron chi connectivity index (χ0n) is 11.8. The molecule has 1 aromatic heterocycles. The van der Waals surface area contributed by atoms with Gasteiger partial charge in [0.15, 0.2) is 5.69 Å². The van der Waals surface area contributed by atoms with Gasteiger partial charge >= 0.3 is 5.97 Å². The molecule has 0 aliphatic heterocycles. The molecule has 2 N–H and O–H groups in total. The summed E-state index contributed by atoms with van der Waals surface area (Å²) in [6, 6.07) is 3.09. The Kier molecular flexibility index (Phi) is 3.62. The highest BCUT2D eigenvalue weighted by Gasteiger charge is 2.20. The second kappa shape index (κ2) is 5.23. The van der Waals surface area contributed by atoms with E-state index in [9.17, 15) is 14.9 Å². The largest absolute Gasteiger partial charge is 0.464 e. The van der Waals surface area contributed by atoms with Crippen molar-refractivity contribution in [2.45, 2.75) is 13.8 Å². The van der Waals surface area contributed by atoms with E-state index in [1.807, 2.05) is 0 Å². The summed E-state index contributed by atoms with van der Waals surface area (Å²) >= 11 is 0. The van der Waals surface area contributed by atoms with E-state index in [0.717, 1.165) is 0 Å². The molecular formula is C13H14N4O4. The molecule has 0 aliphatic rings. The minimum absolute atomic E-state index is 0.00732. The molecule has 0 fully saturated rings. The summed E-state index contributed by atoms with van der Waals surface area (Å²) in [6.07, 6.45) is 1.38. The molecule has 0 spiro atoms. The van der Waals surface area contributed by atoms with Crippen molar-refractivity contribution >= 4 is 17.5 Å². The first-order chi connectivity index (χ1) is 9.86. The fraction of sp³-hybridized carbons (Fsp3) is 0.231. The topological polar surface area (TPSA) is 113 Å². The molecule has 21 heavy (non-hydrogen) atoms. The average Bonchev–Trinajstić information content (AvgIpc) is 2.81. The number of benzene rings is 1. The van der Waals surface area contributed by atoms with Crippen LogP contribution in [0.3, 0.4) is 0 Å². The second-order valence-electron chi connectivity index (χ2n) is 4.52. The van der Waals surface area contributed by atoms with Crippen molar-refractivity contribution in [3.8, 4) is 5.69 Å². The van der Waals surface area contributed by atoms with Gasteiger partial charge in [-0.05, 0) is 25.5 Å². The molecule has 2 rings (SSSR count). The van der Waals surface area contributed by atoms with Gasteiger partial charge in [-0.25, -0.2) is 9.78 Å². The number of imidazole rings is 1. The van der Waals surface area contributed by atoms with E-state index in [1.54, 1.807) is 19.9 Å². The maximum atomic E-state index is 11.5. The summed E-state index contributed by atoms with van der Waals surface area (Å²) < 4.78 is 6.09. The quantitative estimate of drug-likeness (QED) is 0.523. The zero-order chi connectivity index (χ0) is 15.7. The van der Waals surface area contributed by atoms with Crippen LogP contribution in [0.4, 0.5) is 11.5 Å². The van der Waals surface area contributed by atoms with Gasteiger partial charge in [0.25, 0.3) is 5.69 Å². The highest BCUT2D eigenvalue weighted by Crippen LogP contribution is 2.27. The predicted octanol–water partition coefficient (Wildman–Crippen LogP) is 1.77. The fourth-order valence-electron chi connectivity index (χ4n) is 2.05. The Balaban J connectivity index is 2.58. The third-order valence-corrected chi connectivity index (χ3v) is 3.15. The maximum absolute atomic E-state index is 11.5. The van der Waals surface area contributed by atoms with Crippen LogP contribution in [-0.2, 0) is 4.74 Å². The molecule has 0 bridgehead atoms. The van der Waals surface area contributed by atoms with Crippen molar-refractivity contribution in [2.24, 2.45) is 0 Å². The molecule has 2 aromatic rings. The molecule has 8 heteroatoms. The summed E-state index contributed by atoms with van der Waals surface area (Å²) in [5, 5.41) is 10.9. The molecule has 1 aromatic carbocycles. The van der Waals surface area contributed by atoms with E-state index in [2.05, 4.69) is 9.72 Å². The SMILES string of the molecule is COC(=O)c1ncn(-c2cc(C)c([N+](=O)[O-])cc2C)c1N.